The summed E-state index contributed by atoms with van der Waals surface area (Å²) in [5.74, 6) is -1.15. The van der Waals surface area contributed by atoms with Gasteiger partial charge in [-0.15, -0.1) is 11.8 Å². The van der Waals surface area contributed by atoms with E-state index < -0.39 is 28.3 Å². The highest BCUT2D eigenvalue weighted by Gasteiger charge is 2.59. The van der Waals surface area contributed by atoms with Crippen molar-refractivity contribution in [2.24, 2.45) is 0 Å². The van der Waals surface area contributed by atoms with E-state index in [0.717, 1.165) is 4.90 Å². The lowest BCUT2D eigenvalue weighted by Gasteiger charge is -2.42. The lowest BCUT2D eigenvalue weighted by molar-refractivity contribution is -0.150. The highest BCUT2D eigenvalue weighted by Crippen LogP contribution is 2.36. The standard InChI is InChI=1S/C17H22N4O6S2/c1-18-7-8-19-16(23)11-2-4-12(5-3-11)28-10-14(22)20-9-6-13-15(20)17(24)21(13)29(25,26)27/h2-5,13,15,18H,6-10H2,1H3,(H,19,23)(H,25,26,27)/t13-,15+/m1/s1. The normalized spacial score (nSPS) is 21.0. The molecule has 158 valence electrons. The van der Waals surface area contributed by atoms with Gasteiger partial charge in [0.2, 0.25) is 5.91 Å². The van der Waals surface area contributed by atoms with Crippen LogP contribution in [0.4, 0.5) is 0 Å². The Morgan fingerprint density at radius 3 is 2.55 bits per heavy atom. The van der Waals surface area contributed by atoms with Gasteiger partial charge in [0, 0.05) is 30.1 Å². The molecule has 10 nitrogen and oxygen atoms in total. The van der Waals surface area contributed by atoms with Gasteiger partial charge in [-0.25, -0.2) is 4.31 Å². The van der Waals surface area contributed by atoms with E-state index >= 15 is 0 Å². The molecule has 2 fully saturated rings. The van der Waals surface area contributed by atoms with E-state index in [-0.39, 0.29) is 24.1 Å². The number of nitrogens with zero attached hydrogens (tertiary/aromatic N) is 2. The quantitative estimate of drug-likeness (QED) is 0.209. The van der Waals surface area contributed by atoms with E-state index in [0.29, 0.717) is 29.4 Å². The van der Waals surface area contributed by atoms with Gasteiger partial charge >= 0.3 is 10.3 Å². The SMILES string of the molecule is CNCCNC(=O)c1ccc(SCC(=O)N2CC[C@@H]3[C@H]2C(=O)N3S(=O)(=O)O)cc1. The average molecular weight is 443 g/mol. The maximum Gasteiger partial charge on any atom is 0.362 e. The van der Waals surface area contributed by atoms with Crippen molar-refractivity contribution in [2.45, 2.75) is 23.4 Å². The molecule has 3 amide bonds. The first-order valence-corrected chi connectivity index (χ1v) is 11.4. The molecule has 2 saturated heterocycles. The van der Waals surface area contributed by atoms with Gasteiger partial charge in [-0.3, -0.25) is 18.9 Å². The molecule has 2 heterocycles. The number of carbonyl (C=O) groups is 3. The van der Waals surface area contributed by atoms with E-state index in [1.54, 1.807) is 31.3 Å². The number of β-lactam (4-membered cyclic amide) rings is 1. The van der Waals surface area contributed by atoms with Crippen molar-refractivity contribution in [3.8, 4) is 0 Å². The Morgan fingerprint density at radius 1 is 1.24 bits per heavy atom. The topological polar surface area (TPSA) is 136 Å². The summed E-state index contributed by atoms with van der Waals surface area (Å²) in [5.41, 5.74) is 0.518. The highest BCUT2D eigenvalue weighted by atomic mass is 32.2. The zero-order valence-corrected chi connectivity index (χ0v) is 17.3. The van der Waals surface area contributed by atoms with E-state index in [1.807, 2.05) is 0 Å². The third kappa shape index (κ3) is 4.55. The first kappa shape index (κ1) is 21.6. The predicted octanol–water partition coefficient (Wildman–Crippen LogP) is -0.658. The largest absolute Gasteiger partial charge is 0.362 e. The van der Waals surface area contributed by atoms with Crippen LogP contribution >= 0.6 is 11.8 Å². The highest BCUT2D eigenvalue weighted by molar-refractivity contribution is 8.00. The zero-order chi connectivity index (χ0) is 21.2. The Balaban J connectivity index is 1.51. The Morgan fingerprint density at radius 2 is 1.93 bits per heavy atom. The summed E-state index contributed by atoms with van der Waals surface area (Å²) >= 11 is 1.27. The minimum atomic E-state index is -4.59. The fourth-order valence-corrected chi connectivity index (χ4v) is 5.11. The molecule has 0 saturated carbocycles. The molecule has 0 unspecified atom stereocenters. The van der Waals surface area contributed by atoms with Gasteiger partial charge in [0.05, 0.1) is 11.8 Å². The van der Waals surface area contributed by atoms with Crippen molar-refractivity contribution in [3.05, 3.63) is 29.8 Å². The van der Waals surface area contributed by atoms with Gasteiger partial charge in [-0.05, 0) is 37.7 Å². The van der Waals surface area contributed by atoms with Gasteiger partial charge in [-0.2, -0.15) is 8.42 Å². The van der Waals surface area contributed by atoms with Gasteiger partial charge in [0.25, 0.3) is 11.8 Å². The van der Waals surface area contributed by atoms with Crippen molar-refractivity contribution in [3.63, 3.8) is 0 Å². The summed E-state index contributed by atoms with van der Waals surface area (Å²) in [5, 5.41) is 5.71. The number of nitrogens with one attached hydrogen (secondary N) is 2. The number of benzene rings is 1. The molecule has 1 aromatic rings. The van der Waals surface area contributed by atoms with Gasteiger partial charge in [0.1, 0.15) is 6.04 Å². The van der Waals surface area contributed by atoms with Crippen molar-refractivity contribution < 1.29 is 27.4 Å². The monoisotopic (exact) mass is 442 g/mol. The summed E-state index contributed by atoms with van der Waals surface area (Å²) in [7, 11) is -2.79. The minimum absolute atomic E-state index is 0.0795. The molecular formula is C17H22N4O6S2. The fraction of sp³-hybridized carbons (Fsp3) is 0.471. The molecule has 3 N–H and O–H groups in total. The number of amides is 3. The van der Waals surface area contributed by atoms with E-state index in [1.165, 1.54) is 16.7 Å². The van der Waals surface area contributed by atoms with Crippen LogP contribution in [-0.4, -0.2) is 84.4 Å². The van der Waals surface area contributed by atoms with Crippen LogP contribution in [0, 0.1) is 0 Å². The Labute approximate surface area is 172 Å². The fourth-order valence-electron chi connectivity index (χ4n) is 3.43. The molecule has 0 aliphatic carbocycles. The number of likely N-dealkylation sites (N-methyl/N-ethyl adjacent to an activating group) is 1. The smallest absolute Gasteiger partial charge is 0.351 e. The number of hydrogen-bond donors (Lipinski definition) is 3. The number of carbonyl (C=O) groups excluding carboxylic acids is 3. The molecule has 2 aliphatic rings. The first-order valence-electron chi connectivity index (χ1n) is 9.00. The van der Waals surface area contributed by atoms with Crippen molar-refractivity contribution >= 4 is 39.8 Å². The second-order valence-corrected chi connectivity index (χ2v) is 9.01. The average Bonchev–Trinajstić information content (AvgIpc) is 3.04. The van der Waals surface area contributed by atoms with Crippen LogP contribution in [0.1, 0.15) is 16.8 Å². The van der Waals surface area contributed by atoms with Gasteiger partial charge in [-0.1, -0.05) is 0 Å². The summed E-state index contributed by atoms with van der Waals surface area (Å²) in [6.45, 7) is 1.45. The molecule has 12 heteroatoms. The van der Waals surface area contributed by atoms with Crippen LogP contribution in [-0.2, 0) is 19.9 Å². The molecule has 0 aromatic heterocycles. The van der Waals surface area contributed by atoms with Crippen LogP contribution in [0.25, 0.3) is 0 Å². The summed E-state index contributed by atoms with van der Waals surface area (Å²) in [6, 6.07) is 5.32. The van der Waals surface area contributed by atoms with Crippen molar-refractivity contribution in [2.75, 3.05) is 32.4 Å². The summed E-state index contributed by atoms with van der Waals surface area (Å²) in [4.78, 5) is 38.6. The van der Waals surface area contributed by atoms with Crippen LogP contribution in [0.2, 0.25) is 0 Å². The molecule has 0 radical (unpaired) electrons. The van der Waals surface area contributed by atoms with Crippen LogP contribution in [0.15, 0.2) is 29.2 Å². The van der Waals surface area contributed by atoms with Crippen LogP contribution < -0.4 is 10.6 Å². The number of rotatable bonds is 8. The Bertz CT molecular complexity index is 905. The summed E-state index contributed by atoms with van der Waals surface area (Å²) < 4.78 is 32.0. The second-order valence-electron chi connectivity index (χ2n) is 6.67. The van der Waals surface area contributed by atoms with Crippen LogP contribution in [0.5, 0.6) is 0 Å². The molecular weight excluding hydrogens is 420 g/mol. The molecule has 2 aliphatic heterocycles. The molecule has 29 heavy (non-hydrogen) atoms. The van der Waals surface area contributed by atoms with Gasteiger partial charge in [0.15, 0.2) is 0 Å². The number of likely N-dealkylation sites (tertiary alicyclic amines) is 1. The lowest BCUT2D eigenvalue weighted by Crippen LogP contribution is -2.68. The number of thioether (sulfide) groups is 1. The van der Waals surface area contributed by atoms with E-state index in [2.05, 4.69) is 10.6 Å². The predicted molar refractivity (Wildman–Crippen MR) is 106 cm³/mol. The number of hydrogen-bond acceptors (Lipinski definition) is 7. The van der Waals surface area contributed by atoms with E-state index in [9.17, 15) is 22.8 Å². The Kier molecular flexibility index (Phi) is 6.46. The van der Waals surface area contributed by atoms with Crippen molar-refractivity contribution in [1.29, 1.82) is 0 Å². The second kappa shape index (κ2) is 8.69. The summed E-state index contributed by atoms with van der Waals surface area (Å²) in [6.07, 6.45) is 0.309. The van der Waals surface area contributed by atoms with E-state index in [4.69, 9.17) is 4.55 Å². The lowest BCUT2D eigenvalue weighted by atomic mass is 10.0. The molecule has 2 atom stereocenters. The van der Waals surface area contributed by atoms with Crippen molar-refractivity contribution in [1.82, 2.24) is 19.8 Å². The third-order valence-corrected chi connectivity index (χ3v) is 6.79. The molecule has 0 spiro atoms. The maximum absolute atomic E-state index is 12.5. The zero-order valence-electron chi connectivity index (χ0n) is 15.7. The maximum atomic E-state index is 12.5. The molecule has 1 aromatic carbocycles. The first-order chi connectivity index (χ1) is 13.7. The minimum Gasteiger partial charge on any atom is -0.351 e. The Hall–Kier alpha value is -2.15. The number of fused-ring (bicyclic) bond motifs is 1. The third-order valence-electron chi connectivity index (χ3n) is 4.85. The molecule has 3 rings (SSSR count). The molecule has 0 bridgehead atoms. The van der Waals surface area contributed by atoms with Gasteiger partial charge < -0.3 is 15.5 Å². The van der Waals surface area contributed by atoms with Crippen LogP contribution in [0.3, 0.4) is 0 Å².